The fourth-order valence-electron chi connectivity index (χ4n) is 1.39. The van der Waals surface area contributed by atoms with Crippen molar-refractivity contribution < 1.29 is 29.3 Å². The Morgan fingerprint density at radius 3 is 1.36 bits per heavy atom. The van der Waals surface area contributed by atoms with Crippen LogP contribution in [0.2, 0.25) is 0 Å². The fourth-order valence-corrected chi connectivity index (χ4v) is 1.39. The van der Waals surface area contributed by atoms with Crippen molar-refractivity contribution in [2.45, 2.75) is 26.7 Å². The zero-order valence-corrected chi connectivity index (χ0v) is 13.1. The highest BCUT2D eigenvalue weighted by molar-refractivity contribution is 5.93. The van der Waals surface area contributed by atoms with Crippen molar-refractivity contribution >= 4 is 11.9 Å². The van der Waals surface area contributed by atoms with Gasteiger partial charge in [-0.15, -0.1) is 0 Å². The second-order valence-electron chi connectivity index (χ2n) is 4.17. The monoisotopic (exact) mass is 312 g/mol. The second-order valence-corrected chi connectivity index (χ2v) is 4.17. The standard InChI is InChI=1S/C12H14O4.C4H10O2/c1-3-15-11(13)9-5-7-10(8-6-9)12(14)16-4-2;5-3-1-2-4-6/h5-8H,3-4H2,1-2H3;5-6H,1-4H2. The lowest BCUT2D eigenvalue weighted by Crippen LogP contribution is -2.07. The smallest absolute Gasteiger partial charge is 0.338 e. The van der Waals surface area contributed by atoms with Gasteiger partial charge in [0.1, 0.15) is 0 Å². The van der Waals surface area contributed by atoms with Crippen LogP contribution in [-0.4, -0.2) is 48.6 Å². The summed E-state index contributed by atoms with van der Waals surface area (Å²) in [6.07, 6.45) is 1.44. The first kappa shape index (κ1) is 20.1. The van der Waals surface area contributed by atoms with Crippen molar-refractivity contribution in [3.8, 4) is 0 Å². The Labute approximate surface area is 130 Å². The van der Waals surface area contributed by atoms with Crippen LogP contribution in [0.15, 0.2) is 24.3 Å². The van der Waals surface area contributed by atoms with Gasteiger partial charge in [0.05, 0.1) is 24.3 Å². The lowest BCUT2D eigenvalue weighted by molar-refractivity contribution is 0.0511. The van der Waals surface area contributed by atoms with Crippen LogP contribution < -0.4 is 0 Å². The van der Waals surface area contributed by atoms with E-state index >= 15 is 0 Å². The number of benzene rings is 1. The van der Waals surface area contributed by atoms with Crippen LogP contribution in [0.25, 0.3) is 0 Å². The number of unbranched alkanes of at least 4 members (excludes halogenated alkanes) is 1. The molecule has 124 valence electrons. The molecule has 1 aromatic rings. The van der Waals surface area contributed by atoms with Gasteiger partial charge in [-0.25, -0.2) is 9.59 Å². The van der Waals surface area contributed by atoms with E-state index in [0.717, 1.165) is 12.8 Å². The summed E-state index contributed by atoms with van der Waals surface area (Å²) >= 11 is 0. The van der Waals surface area contributed by atoms with E-state index in [9.17, 15) is 9.59 Å². The Hall–Kier alpha value is -1.92. The summed E-state index contributed by atoms with van der Waals surface area (Å²) in [5.41, 5.74) is 0.852. The molecule has 0 saturated heterocycles. The molecule has 6 heteroatoms. The van der Waals surface area contributed by atoms with E-state index in [1.165, 1.54) is 0 Å². The molecule has 0 aliphatic carbocycles. The molecule has 0 heterocycles. The average Bonchev–Trinajstić information content (AvgIpc) is 2.54. The highest BCUT2D eigenvalue weighted by Gasteiger charge is 2.09. The van der Waals surface area contributed by atoms with Gasteiger partial charge in [-0.05, 0) is 51.0 Å². The second kappa shape index (κ2) is 12.8. The third kappa shape index (κ3) is 8.39. The maximum Gasteiger partial charge on any atom is 0.338 e. The average molecular weight is 312 g/mol. The topological polar surface area (TPSA) is 93.1 Å². The highest BCUT2D eigenvalue weighted by atomic mass is 16.5. The van der Waals surface area contributed by atoms with Gasteiger partial charge < -0.3 is 19.7 Å². The normalized spacial score (nSPS) is 9.45. The summed E-state index contributed by atoms with van der Waals surface area (Å²) in [4.78, 5) is 22.6. The molecule has 0 aliphatic rings. The van der Waals surface area contributed by atoms with Gasteiger partial charge in [0.25, 0.3) is 0 Å². The van der Waals surface area contributed by atoms with Crippen LogP contribution in [0.4, 0.5) is 0 Å². The van der Waals surface area contributed by atoms with E-state index in [1.54, 1.807) is 38.1 Å². The number of aliphatic hydroxyl groups excluding tert-OH is 2. The minimum atomic E-state index is -0.391. The van der Waals surface area contributed by atoms with Crippen molar-refractivity contribution in [2.75, 3.05) is 26.4 Å². The van der Waals surface area contributed by atoms with E-state index in [0.29, 0.717) is 24.3 Å². The maximum absolute atomic E-state index is 11.3. The predicted molar refractivity (Wildman–Crippen MR) is 81.8 cm³/mol. The SMILES string of the molecule is CCOC(=O)c1ccc(C(=O)OCC)cc1.OCCCCO. The molecule has 0 bridgehead atoms. The molecule has 22 heavy (non-hydrogen) atoms. The number of rotatable bonds is 7. The molecule has 0 atom stereocenters. The van der Waals surface area contributed by atoms with Crippen molar-refractivity contribution in [1.29, 1.82) is 0 Å². The molecule has 0 radical (unpaired) electrons. The minimum absolute atomic E-state index is 0.195. The van der Waals surface area contributed by atoms with Crippen LogP contribution in [0, 0.1) is 0 Å². The van der Waals surface area contributed by atoms with Crippen LogP contribution >= 0.6 is 0 Å². The number of carbonyl (C=O) groups excluding carboxylic acids is 2. The molecule has 1 rings (SSSR count). The van der Waals surface area contributed by atoms with Gasteiger partial charge in [0, 0.05) is 13.2 Å². The summed E-state index contributed by atoms with van der Waals surface area (Å²) in [6, 6.07) is 6.18. The molecule has 1 aromatic carbocycles. The van der Waals surface area contributed by atoms with Crippen molar-refractivity contribution in [1.82, 2.24) is 0 Å². The number of carbonyl (C=O) groups is 2. The van der Waals surface area contributed by atoms with Gasteiger partial charge in [-0.2, -0.15) is 0 Å². The first-order chi connectivity index (χ1) is 10.6. The lowest BCUT2D eigenvalue weighted by atomic mass is 10.1. The third-order valence-corrected chi connectivity index (χ3v) is 2.47. The Bertz CT molecular complexity index is 386. The third-order valence-electron chi connectivity index (χ3n) is 2.47. The largest absolute Gasteiger partial charge is 0.462 e. The van der Waals surface area contributed by atoms with E-state index < -0.39 is 11.9 Å². The fraction of sp³-hybridized carbons (Fsp3) is 0.500. The van der Waals surface area contributed by atoms with Gasteiger partial charge in [0.15, 0.2) is 0 Å². The highest BCUT2D eigenvalue weighted by Crippen LogP contribution is 2.07. The van der Waals surface area contributed by atoms with E-state index in [4.69, 9.17) is 19.7 Å². The van der Waals surface area contributed by atoms with Crippen LogP contribution in [0.3, 0.4) is 0 Å². The number of hydrogen-bond donors (Lipinski definition) is 2. The van der Waals surface area contributed by atoms with Crippen molar-refractivity contribution in [3.05, 3.63) is 35.4 Å². The first-order valence-corrected chi connectivity index (χ1v) is 7.26. The van der Waals surface area contributed by atoms with Crippen molar-refractivity contribution in [2.24, 2.45) is 0 Å². The number of hydrogen-bond acceptors (Lipinski definition) is 6. The summed E-state index contributed by atoms with van der Waals surface area (Å²) < 4.78 is 9.64. The molecule has 0 aromatic heterocycles. The summed E-state index contributed by atoms with van der Waals surface area (Å²) in [7, 11) is 0. The zero-order chi connectivity index (χ0) is 16.8. The molecule has 0 unspecified atom stereocenters. The van der Waals surface area contributed by atoms with Gasteiger partial charge in [0.2, 0.25) is 0 Å². The van der Waals surface area contributed by atoms with E-state index in [-0.39, 0.29) is 13.2 Å². The van der Waals surface area contributed by atoms with Gasteiger partial charge in [-0.3, -0.25) is 0 Å². The van der Waals surface area contributed by atoms with Gasteiger partial charge in [-0.1, -0.05) is 0 Å². The Morgan fingerprint density at radius 2 is 1.14 bits per heavy atom. The quantitative estimate of drug-likeness (QED) is 0.589. The molecule has 0 saturated carbocycles. The minimum Gasteiger partial charge on any atom is -0.462 e. The Morgan fingerprint density at radius 1 is 0.818 bits per heavy atom. The Balaban J connectivity index is 0.000000626. The zero-order valence-electron chi connectivity index (χ0n) is 13.1. The molecular formula is C16H24O6. The van der Waals surface area contributed by atoms with E-state index in [1.807, 2.05) is 0 Å². The molecule has 0 amide bonds. The Kier molecular flexibility index (Phi) is 11.7. The maximum atomic E-state index is 11.3. The first-order valence-electron chi connectivity index (χ1n) is 7.26. The van der Waals surface area contributed by atoms with Crippen LogP contribution in [0.1, 0.15) is 47.4 Å². The van der Waals surface area contributed by atoms with Crippen molar-refractivity contribution in [3.63, 3.8) is 0 Å². The van der Waals surface area contributed by atoms with Crippen LogP contribution in [0.5, 0.6) is 0 Å². The number of aliphatic hydroxyl groups is 2. The summed E-state index contributed by atoms with van der Waals surface area (Å²) in [5, 5.41) is 16.2. The molecular weight excluding hydrogens is 288 g/mol. The molecule has 6 nitrogen and oxygen atoms in total. The van der Waals surface area contributed by atoms with E-state index in [2.05, 4.69) is 0 Å². The number of esters is 2. The lowest BCUT2D eigenvalue weighted by Gasteiger charge is -2.03. The molecule has 0 spiro atoms. The number of ether oxygens (including phenoxy) is 2. The van der Waals surface area contributed by atoms with Gasteiger partial charge >= 0.3 is 11.9 Å². The summed E-state index contributed by atoms with van der Waals surface area (Å²) in [6.45, 7) is 4.54. The predicted octanol–water partition coefficient (Wildman–Crippen LogP) is 1.79. The summed E-state index contributed by atoms with van der Waals surface area (Å²) in [5.74, 6) is -0.782. The van der Waals surface area contributed by atoms with Crippen LogP contribution in [-0.2, 0) is 9.47 Å². The molecule has 2 N–H and O–H groups in total. The molecule has 0 fully saturated rings. The molecule has 0 aliphatic heterocycles.